The second-order valence-electron chi connectivity index (χ2n) is 2.18. The highest BCUT2D eigenvalue weighted by molar-refractivity contribution is 14.1. The van der Waals surface area contributed by atoms with Crippen LogP contribution >= 0.6 is 35.2 Å². The third-order valence-electron chi connectivity index (χ3n) is 1.50. The minimum Gasteiger partial charge on any atom is -0.192 e. The molecule has 0 spiro atoms. The topological polar surface area (TPSA) is 23.8 Å². The minimum absolute atomic E-state index is 0.734. The summed E-state index contributed by atoms with van der Waals surface area (Å²) in [4.78, 5) is 0.877. The van der Waals surface area contributed by atoms with Gasteiger partial charge in [-0.2, -0.15) is 5.26 Å². The zero-order valence-electron chi connectivity index (χ0n) is 5.93. The predicted octanol–water partition coefficient (Wildman–Crippen LogP) is 2.76. The number of rotatable bonds is 0. The molecule has 0 saturated carbocycles. The average Bonchev–Trinajstić information content (AvgIpc) is 1.99. The average molecular weight is 275 g/mol. The SMILES string of the molecule is Cc1c(S)ccc(I)c1C#N. The summed E-state index contributed by atoms with van der Waals surface area (Å²) in [6.07, 6.45) is 0. The van der Waals surface area contributed by atoms with Gasteiger partial charge in [0.1, 0.15) is 6.07 Å². The number of nitrogens with zero attached hydrogens (tertiary/aromatic N) is 1. The summed E-state index contributed by atoms with van der Waals surface area (Å²) >= 11 is 6.36. The van der Waals surface area contributed by atoms with Crippen molar-refractivity contribution in [3.8, 4) is 6.07 Å². The zero-order chi connectivity index (χ0) is 8.43. The fourth-order valence-corrected chi connectivity index (χ4v) is 1.70. The van der Waals surface area contributed by atoms with Gasteiger partial charge in [-0.1, -0.05) is 0 Å². The van der Waals surface area contributed by atoms with E-state index in [1.54, 1.807) is 0 Å². The summed E-state index contributed by atoms with van der Waals surface area (Å²) < 4.78 is 0.986. The van der Waals surface area contributed by atoms with Crippen LogP contribution in [0.25, 0.3) is 0 Å². The number of thiol groups is 1. The van der Waals surface area contributed by atoms with Gasteiger partial charge in [0.15, 0.2) is 0 Å². The first kappa shape index (κ1) is 8.88. The van der Waals surface area contributed by atoms with Gasteiger partial charge in [0.25, 0.3) is 0 Å². The number of hydrogen-bond acceptors (Lipinski definition) is 2. The molecular formula is C8H6INS. The molecule has 56 valence electrons. The van der Waals surface area contributed by atoms with Gasteiger partial charge in [0.2, 0.25) is 0 Å². The number of hydrogen-bond donors (Lipinski definition) is 1. The second kappa shape index (κ2) is 3.46. The quantitative estimate of drug-likeness (QED) is 0.571. The maximum absolute atomic E-state index is 8.73. The molecule has 0 saturated heterocycles. The lowest BCUT2D eigenvalue weighted by Gasteiger charge is -2.01. The van der Waals surface area contributed by atoms with Crippen LogP contribution in [-0.2, 0) is 0 Å². The van der Waals surface area contributed by atoms with Crippen molar-refractivity contribution in [1.29, 1.82) is 5.26 Å². The lowest BCUT2D eigenvalue weighted by molar-refractivity contribution is 1.26. The van der Waals surface area contributed by atoms with E-state index in [-0.39, 0.29) is 0 Å². The Kier molecular flexibility index (Phi) is 2.79. The van der Waals surface area contributed by atoms with Crippen molar-refractivity contribution in [3.05, 3.63) is 26.8 Å². The van der Waals surface area contributed by atoms with Crippen LogP contribution in [-0.4, -0.2) is 0 Å². The van der Waals surface area contributed by atoms with Crippen LogP contribution in [0.1, 0.15) is 11.1 Å². The Morgan fingerprint density at radius 3 is 2.64 bits per heavy atom. The summed E-state index contributed by atoms with van der Waals surface area (Å²) in [5.74, 6) is 0. The van der Waals surface area contributed by atoms with Gasteiger partial charge in [-0.05, 0) is 47.2 Å². The van der Waals surface area contributed by atoms with Crippen LogP contribution in [0.15, 0.2) is 17.0 Å². The molecule has 3 heteroatoms. The Bertz CT molecular complexity index is 328. The Balaban J connectivity index is 3.44. The first-order valence-electron chi connectivity index (χ1n) is 3.05. The van der Waals surface area contributed by atoms with Gasteiger partial charge in [0, 0.05) is 8.47 Å². The third kappa shape index (κ3) is 1.68. The molecule has 0 radical (unpaired) electrons. The first-order valence-corrected chi connectivity index (χ1v) is 4.57. The molecule has 0 fully saturated rings. The Hall–Kier alpha value is -0.210. The van der Waals surface area contributed by atoms with Crippen molar-refractivity contribution in [3.63, 3.8) is 0 Å². The molecule has 0 unspecified atom stereocenters. The summed E-state index contributed by atoms with van der Waals surface area (Å²) in [6.45, 7) is 1.91. The smallest absolute Gasteiger partial charge is 0.101 e. The van der Waals surface area contributed by atoms with E-state index in [2.05, 4.69) is 41.3 Å². The van der Waals surface area contributed by atoms with Crippen LogP contribution in [0.4, 0.5) is 0 Å². The molecule has 1 aromatic carbocycles. The van der Waals surface area contributed by atoms with Gasteiger partial charge in [-0.3, -0.25) is 0 Å². The fraction of sp³-hybridized carbons (Fsp3) is 0.125. The van der Waals surface area contributed by atoms with Crippen molar-refractivity contribution in [1.82, 2.24) is 0 Å². The standard InChI is InChI=1S/C8H6INS/c1-5-6(4-10)7(9)2-3-8(5)11/h2-3,11H,1H3. The number of nitriles is 1. The maximum Gasteiger partial charge on any atom is 0.101 e. The van der Waals surface area contributed by atoms with E-state index in [1.807, 2.05) is 19.1 Å². The highest BCUT2D eigenvalue weighted by Crippen LogP contribution is 2.21. The Morgan fingerprint density at radius 2 is 2.18 bits per heavy atom. The second-order valence-corrected chi connectivity index (χ2v) is 3.82. The van der Waals surface area contributed by atoms with Crippen LogP contribution in [0.5, 0.6) is 0 Å². The van der Waals surface area contributed by atoms with E-state index in [9.17, 15) is 0 Å². The molecule has 0 aliphatic heterocycles. The largest absolute Gasteiger partial charge is 0.192 e. The zero-order valence-corrected chi connectivity index (χ0v) is 8.98. The van der Waals surface area contributed by atoms with Crippen LogP contribution in [0.3, 0.4) is 0 Å². The van der Waals surface area contributed by atoms with Gasteiger partial charge in [0.05, 0.1) is 5.56 Å². The van der Waals surface area contributed by atoms with E-state index >= 15 is 0 Å². The van der Waals surface area contributed by atoms with E-state index in [4.69, 9.17) is 5.26 Å². The Labute approximate surface area is 85.0 Å². The lowest BCUT2D eigenvalue weighted by Crippen LogP contribution is -1.87. The Morgan fingerprint density at radius 1 is 1.55 bits per heavy atom. The van der Waals surface area contributed by atoms with Gasteiger partial charge < -0.3 is 0 Å². The molecule has 0 N–H and O–H groups in total. The fourth-order valence-electron chi connectivity index (χ4n) is 0.805. The number of benzene rings is 1. The van der Waals surface area contributed by atoms with Crippen molar-refractivity contribution >= 4 is 35.2 Å². The maximum atomic E-state index is 8.73. The van der Waals surface area contributed by atoms with Crippen LogP contribution in [0, 0.1) is 21.8 Å². The molecule has 0 bridgehead atoms. The van der Waals surface area contributed by atoms with E-state index in [0.29, 0.717) is 0 Å². The molecule has 0 amide bonds. The van der Waals surface area contributed by atoms with Crippen LogP contribution in [0.2, 0.25) is 0 Å². The first-order chi connectivity index (χ1) is 5.16. The van der Waals surface area contributed by atoms with E-state index < -0.39 is 0 Å². The van der Waals surface area contributed by atoms with E-state index in [1.165, 1.54) is 0 Å². The van der Waals surface area contributed by atoms with E-state index in [0.717, 1.165) is 19.6 Å². The highest BCUT2D eigenvalue weighted by Gasteiger charge is 2.04. The molecule has 0 heterocycles. The number of halogens is 1. The third-order valence-corrected chi connectivity index (χ3v) is 2.88. The summed E-state index contributed by atoms with van der Waals surface area (Å²) in [5, 5.41) is 8.73. The van der Waals surface area contributed by atoms with Gasteiger partial charge >= 0.3 is 0 Å². The normalized spacial score (nSPS) is 9.27. The van der Waals surface area contributed by atoms with Crippen molar-refractivity contribution < 1.29 is 0 Å². The van der Waals surface area contributed by atoms with Crippen molar-refractivity contribution in [2.45, 2.75) is 11.8 Å². The lowest BCUT2D eigenvalue weighted by atomic mass is 10.1. The summed E-state index contributed by atoms with van der Waals surface area (Å²) in [7, 11) is 0. The molecule has 0 atom stereocenters. The summed E-state index contributed by atoms with van der Waals surface area (Å²) in [5.41, 5.74) is 1.70. The molecule has 1 rings (SSSR count). The predicted molar refractivity (Wildman–Crippen MR) is 55.9 cm³/mol. The van der Waals surface area contributed by atoms with Crippen molar-refractivity contribution in [2.75, 3.05) is 0 Å². The molecule has 11 heavy (non-hydrogen) atoms. The van der Waals surface area contributed by atoms with Gasteiger partial charge in [-0.15, -0.1) is 12.6 Å². The molecule has 1 nitrogen and oxygen atoms in total. The molecule has 0 aliphatic rings. The molecule has 0 aromatic heterocycles. The molecule has 1 aromatic rings. The van der Waals surface area contributed by atoms with Crippen LogP contribution < -0.4 is 0 Å². The van der Waals surface area contributed by atoms with Gasteiger partial charge in [-0.25, -0.2) is 0 Å². The highest BCUT2D eigenvalue weighted by atomic mass is 127. The monoisotopic (exact) mass is 275 g/mol. The minimum atomic E-state index is 0.734. The van der Waals surface area contributed by atoms with Crippen molar-refractivity contribution in [2.24, 2.45) is 0 Å². The molecular weight excluding hydrogens is 269 g/mol. The summed E-state index contributed by atoms with van der Waals surface area (Å²) in [6, 6.07) is 5.95. The molecule has 0 aliphatic carbocycles.